The Balaban J connectivity index is 2.02. The van der Waals surface area contributed by atoms with Gasteiger partial charge in [-0.2, -0.15) is 4.31 Å². The van der Waals surface area contributed by atoms with E-state index in [0.717, 1.165) is 29.5 Å². The van der Waals surface area contributed by atoms with Gasteiger partial charge in [-0.1, -0.05) is 61.4 Å². The van der Waals surface area contributed by atoms with Crippen LogP contribution < -0.4 is 0 Å². The van der Waals surface area contributed by atoms with Gasteiger partial charge in [-0.25, -0.2) is 8.42 Å². The number of nitrogens with zero attached hydrogens (tertiary/aromatic N) is 1. The van der Waals surface area contributed by atoms with Crippen LogP contribution in [0.1, 0.15) is 48.5 Å². The van der Waals surface area contributed by atoms with E-state index in [1.807, 2.05) is 49.4 Å². The third-order valence-electron chi connectivity index (χ3n) is 4.97. The molecule has 28 heavy (non-hydrogen) atoms. The molecular weight excluding hydrogens is 370 g/mol. The standard InChI is InChI=1S/C23H27NO3S/c1-4-6-16-27-17-15-23-21-10-8-7-9-20(21)22(5-2)24(23)28(25,26)19-13-11-18(3)12-14-19/h5,7-15,17,22-23H,2,4,6,16H2,1,3H3. The summed E-state index contributed by atoms with van der Waals surface area (Å²) in [4.78, 5) is 0.281. The number of hydrogen-bond donors (Lipinski definition) is 0. The van der Waals surface area contributed by atoms with Crippen molar-refractivity contribution in [3.05, 3.63) is 90.2 Å². The minimum Gasteiger partial charge on any atom is -0.501 e. The predicted molar refractivity (Wildman–Crippen MR) is 112 cm³/mol. The Bertz CT molecular complexity index is 948. The lowest BCUT2D eigenvalue weighted by Gasteiger charge is -2.26. The molecule has 0 N–H and O–H groups in total. The maximum absolute atomic E-state index is 13.5. The monoisotopic (exact) mass is 397 g/mol. The first kappa shape index (κ1) is 20.4. The maximum Gasteiger partial charge on any atom is 0.244 e. The number of rotatable bonds is 8. The molecule has 1 aliphatic rings. The molecule has 1 aliphatic heterocycles. The van der Waals surface area contributed by atoms with Crippen molar-refractivity contribution in [2.24, 2.45) is 0 Å². The molecule has 3 rings (SSSR count). The van der Waals surface area contributed by atoms with Crippen LogP contribution in [0.3, 0.4) is 0 Å². The first-order valence-corrected chi connectivity index (χ1v) is 11.0. The fraction of sp³-hybridized carbons (Fsp3) is 0.304. The molecule has 1 heterocycles. The Morgan fingerprint density at radius 2 is 1.71 bits per heavy atom. The molecular formula is C23H27NO3S. The molecule has 0 spiro atoms. The zero-order chi connectivity index (χ0) is 20.1. The molecule has 0 saturated heterocycles. The summed E-state index contributed by atoms with van der Waals surface area (Å²) in [6, 6.07) is 13.9. The smallest absolute Gasteiger partial charge is 0.244 e. The molecule has 2 aromatic carbocycles. The van der Waals surface area contributed by atoms with Gasteiger partial charge in [0, 0.05) is 0 Å². The van der Waals surface area contributed by atoms with E-state index in [1.165, 1.54) is 4.31 Å². The van der Waals surface area contributed by atoms with Crippen LogP contribution >= 0.6 is 0 Å². The highest BCUT2D eigenvalue weighted by atomic mass is 32.2. The minimum absolute atomic E-state index is 0.281. The molecule has 2 aromatic rings. The number of benzene rings is 2. The van der Waals surface area contributed by atoms with Gasteiger partial charge in [0.15, 0.2) is 0 Å². The first-order chi connectivity index (χ1) is 13.5. The highest BCUT2D eigenvalue weighted by Gasteiger charge is 2.43. The van der Waals surface area contributed by atoms with E-state index >= 15 is 0 Å². The highest BCUT2D eigenvalue weighted by Crippen LogP contribution is 2.46. The Morgan fingerprint density at radius 1 is 1.07 bits per heavy atom. The fourth-order valence-electron chi connectivity index (χ4n) is 3.47. The Hall–Kier alpha value is -2.37. The number of unbranched alkanes of at least 4 members (excludes halogenated alkanes) is 1. The van der Waals surface area contributed by atoms with Gasteiger partial charge >= 0.3 is 0 Å². The fourth-order valence-corrected chi connectivity index (χ4v) is 5.18. The minimum atomic E-state index is -3.73. The molecule has 0 amide bonds. The summed E-state index contributed by atoms with van der Waals surface area (Å²) >= 11 is 0. The van der Waals surface area contributed by atoms with E-state index in [0.29, 0.717) is 6.61 Å². The van der Waals surface area contributed by atoms with Crippen LogP contribution in [0.2, 0.25) is 0 Å². The Kier molecular flexibility index (Phi) is 6.37. The van der Waals surface area contributed by atoms with Crippen molar-refractivity contribution < 1.29 is 13.2 Å². The van der Waals surface area contributed by atoms with Crippen molar-refractivity contribution in [1.82, 2.24) is 4.31 Å². The van der Waals surface area contributed by atoms with Crippen molar-refractivity contribution in [3.8, 4) is 0 Å². The molecule has 2 unspecified atom stereocenters. The highest BCUT2D eigenvalue weighted by molar-refractivity contribution is 7.89. The van der Waals surface area contributed by atoms with Crippen molar-refractivity contribution >= 4 is 10.0 Å². The third-order valence-corrected chi connectivity index (χ3v) is 6.85. The van der Waals surface area contributed by atoms with Crippen molar-refractivity contribution in [3.63, 3.8) is 0 Å². The van der Waals surface area contributed by atoms with E-state index in [1.54, 1.807) is 24.5 Å². The molecule has 5 heteroatoms. The lowest BCUT2D eigenvalue weighted by atomic mass is 10.0. The molecule has 0 bridgehead atoms. The van der Waals surface area contributed by atoms with Crippen LogP contribution in [0.25, 0.3) is 0 Å². The van der Waals surface area contributed by atoms with Gasteiger partial charge in [0.25, 0.3) is 0 Å². The molecule has 0 radical (unpaired) electrons. The van der Waals surface area contributed by atoms with Crippen molar-refractivity contribution in [1.29, 1.82) is 0 Å². The molecule has 0 fully saturated rings. The van der Waals surface area contributed by atoms with Gasteiger partial charge in [0.1, 0.15) is 0 Å². The van der Waals surface area contributed by atoms with Crippen LogP contribution in [-0.4, -0.2) is 19.3 Å². The zero-order valence-corrected chi connectivity index (χ0v) is 17.2. The van der Waals surface area contributed by atoms with Gasteiger partial charge in [-0.15, -0.1) is 6.58 Å². The summed E-state index contributed by atoms with van der Waals surface area (Å²) in [5, 5.41) is 0. The predicted octanol–water partition coefficient (Wildman–Crippen LogP) is 5.30. The second-order valence-electron chi connectivity index (χ2n) is 6.96. The van der Waals surface area contributed by atoms with Gasteiger partial charge in [-0.3, -0.25) is 0 Å². The summed E-state index contributed by atoms with van der Waals surface area (Å²) in [6.45, 7) is 8.57. The zero-order valence-electron chi connectivity index (χ0n) is 16.4. The summed E-state index contributed by atoms with van der Waals surface area (Å²) in [6.07, 6.45) is 7.15. The van der Waals surface area contributed by atoms with Gasteiger partial charge in [0.2, 0.25) is 10.0 Å². The topological polar surface area (TPSA) is 46.6 Å². The number of hydrogen-bond acceptors (Lipinski definition) is 3. The molecule has 2 atom stereocenters. The molecule has 148 valence electrons. The van der Waals surface area contributed by atoms with Crippen molar-refractivity contribution in [2.45, 2.75) is 43.7 Å². The molecule has 4 nitrogen and oxygen atoms in total. The molecule has 0 saturated carbocycles. The van der Waals surface area contributed by atoms with Gasteiger partial charge < -0.3 is 4.74 Å². The maximum atomic E-state index is 13.5. The third kappa shape index (κ3) is 3.91. The summed E-state index contributed by atoms with van der Waals surface area (Å²) < 4.78 is 34.2. The van der Waals surface area contributed by atoms with Crippen LogP contribution in [0, 0.1) is 6.92 Å². The second-order valence-corrected chi connectivity index (χ2v) is 8.80. The molecule has 0 aliphatic carbocycles. The largest absolute Gasteiger partial charge is 0.501 e. The van der Waals surface area contributed by atoms with E-state index in [4.69, 9.17) is 4.74 Å². The number of sulfonamides is 1. The number of aryl methyl sites for hydroxylation is 1. The summed E-state index contributed by atoms with van der Waals surface area (Å²) in [5.74, 6) is 0. The van der Waals surface area contributed by atoms with Crippen LogP contribution in [-0.2, 0) is 14.8 Å². The Labute approximate surface area is 168 Å². The summed E-state index contributed by atoms with van der Waals surface area (Å²) in [5.41, 5.74) is 2.93. The lowest BCUT2D eigenvalue weighted by molar-refractivity contribution is 0.239. The second kappa shape index (κ2) is 8.76. The van der Waals surface area contributed by atoms with Crippen LogP contribution in [0.15, 0.2) is 78.4 Å². The summed E-state index contributed by atoms with van der Waals surface area (Å²) in [7, 11) is -3.73. The van der Waals surface area contributed by atoms with Crippen molar-refractivity contribution in [2.75, 3.05) is 6.61 Å². The van der Waals surface area contributed by atoms with E-state index in [2.05, 4.69) is 13.5 Å². The number of fused-ring (bicyclic) bond motifs is 1. The average Bonchev–Trinajstić information content (AvgIpc) is 3.02. The lowest BCUT2D eigenvalue weighted by Crippen LogP contribution is -2.31. The van der Waals surface area contributed by atoms with Gasteiger partial charge in [-0.05, 0) is 42.7 Å². The van der Waals surface area contributed by atoms with Gasteiger partial charge in [0.05, 0.1) is 29.8 Å². The number of ether oxygens (including phenoxy) is 1. The normalized spacial score (nSPS) is 19.6. The average molecular weight is 398 g/mol. The SMILES string of the molecule is C=CC1c2ccccc2C(C=COCCCC)N1S(=O)(=O)c1ccc(C)cc1. The van der Waals surface area contributed by atoms with Crippen LogP contribution in [0.4, 0.5) is 0 Å². The van der Waals surface area contributed by atoms with Crippen LogP contribution in [0.5, 0.6) is 0 Å². The quantitative estimate of drug-likeness (QED) is 0.345. The molecule has 0 aromatic heterocycles. The van der Waals surface area contributed by atoms with E-state index < -0.39 is 22.1 Å². The van der Waals surface area contributed by atoms with E-state index in [9.17, 15) is 8.42 Å². The first-order valence-electron chi connectivity index (χ1n) is 9.60. The van der Waals surface area contributed by atoms with E-state index in [-0.39, 0.29) is 4.90 Å². The Morgan fingerprint density at radius 3 is 2.32 bits per heavy atom.